The lowest BCUT2D eigenvalue weighted by Crippen LogP contribution is -2.12. The number of imidazole rings is 1. The highest BCUT2D eigenvalue weighted by Gasteiger charge is 2.06. The van der Waals surface area contributed by atoms with E-state index in [-0.39, 0.29) is 5.91 Å². The maximum Gasteiger partial charge on any atom is 0.257 e. The molecule has 1 aromatic carbocycles. The van der Waals surface area contributed by atoms with E-state index in [0.717, 1.165) is 5.69 Å². The molecular weight excluding hydrogens is 284 g/mol. The second-order valence-electron chi connectivity index (χ2n) is 4.38. The Hall–Kier alpha value is -2.73. The van der Waals surface area contributed by atoms with Crippen molar-refractivity contribution < 1.29 is 4.79 Å². The van der Waals surface area contributed by atoms with E-state index in [1.165, 1.54) is 6.20 Å². The van der Waals surface area contributed by atoms with Crippen LogP contribution in [0, 0.1) is 4.77 Å². The third-order valence-electron chi connectivity index (χ3n) is 2.96. The first-order valence-corrected chi connectivity index (χ1v) is 6.73. The predicted octanol–water partition coefficient (Wildman–Crippen LogP) is 3.18. The molecule has 0 saturated carbocycles. The van der Waals surface area contributed by atoms with E-state index in [1.807, 2.05) is 35.0 Å². The van der Waals surface area contributed by atoms with E-state index in [9.17, 15) is 4.79 Å². The average molecular weight is 296 g/mol. The average Bonchev–Trinajstić information content (AvgIpc) is 2.94. The lowest BCUT2D eigenvalue weighted by molar-refractivity contribution is 0.102. The van der Waals surface area contributed by atoms with Gasteiger partial charge in [0, 0.05) is 36.2 Å². The van der Waals surface area contributed by atoms with Gasteiger partial charge in [-0.05, 0) is 42.5 Å². The molecule has 3 aromatic rings. The molecule has 0 saturated heterocycles. The quantitative estimate of drug-likeness (QED) is 0.730. The number of carbonyl (C=O) groups is 1. The number of nitrogens with one attached hydrogen (secondary N) is 2. The Morgan fingerprint density at radius 1 is 1.29 bits per heavy atom. The number of benzene rings is 1. The van der Waals surface area contributed by atoms with Gasteiger partial charge in [-0.2, -0.15) is 0 Å². The summed E-state index contributed by atoms with van der Waals surface area (Å²) in [4.78, 5) is 19.0. The number of anilines is 1. The van der Waals surface area contributed by atoms with Crippen molar-refractivity contribution in [2.24, 2.45) is 0 Å². The van der Waals surface area contributed by atoms with Gasteiger partial charge in [0.25, 0.3) is 5.91 Å². The number of hydrogen-bond donors (Lipinski definition) is 2. The Labute approximate surface area is 126 Å². The third kappa shape index (κ3) is 2.90. The minimum Gasteiger partial charge on any atom is -0.337 e. The zero-order chi connectivity index (χ0) is 14.7. The number of hydrogen-bond acceptors (Lipinski definition) is 3. The molecule has 2 aromatic heterocycles. The van der Waals surface area contributed by atoms with Crippen molar-refractivity contribution in [1.29, 1.82) is 0 Å². The van der Waals surface area contributed by atoms with Crippen LogP contribution in [-0.2, 0) is 0 Å². The molecule has 0 aliphatic rings. The Morgan fingerprint density at radius 2 is 2.19 bits per heavy atom. The summed E-state index contributed by atoms with van der Waals surface area (Å²) in [5.41, 5.74) is 2.09. The highest BCUT2D eigenvalue weighted by atomic mass is 32.1. The summed E-state index contributed by atoms with van der Waals surface area (Å²) in [5, 5.41) is 2.84. The van der Waals surface area contributed by atoms with Crippen LogP contribution in [0.3, 0.4) is 0 Å². The van der Waals surface area contributed by atoms with Gasteiger partial charge in [-0.15, -0.1) is 0 Å². The molecule has 2 N–H and O–H groups in total. The molecule has 0 fully saturated rings. The van der Waals surface area contributed by atoms with Gasteiger partial charge in [-0.25, -0.2) is 0 Å². The zero-order valence-corrected chi connectivity index (χ0v) is 11.8. The molecule has 2 heterocycles. The summed E-state index contributed by atoms with van der Waals surface area (Å²) in [6, 6.07) is 10.9. The summed E-state index contributed by atoms with van der Waals surface area (Å²) >= 11 is 5.19. The Morgan fingerprint density at radius 3 is 2.90 bits per heavy atom. The van der Waals surface area contributed by atoms with Crippen LogP contribution in [0.25, 0.3) is 5.69 Å². The van der Waals surface area contributed by atoms with Crippen molar-refractivity contribution in [2.45, 2.75) is 0 Å². The molecule has 0 spiro atoms. The van der Waals surface area contributed by atoms with Crippen molar-refractivity contribution in [3.8, 4) is 5.69 Å². The number of rotatable bonds is 3. The zero-order valence-electron chi connectivity index (χ0n) is 11.0. The smallest absolute Gasteiger partial charge is 0.257 e. The van der Waals surface area contributed by atoms with Crippen LogP contribution in [0.5, 0.6) is 0 Å². The van der Waals surface area contributed by atoms with E-state index in [0.29, 0.717) is 16.0 Å². The molecule has 0 atom stereocenters. The summed E-state index contributed by atoms with van der Waals surface area (Å²) in [7, 11) is 0. The number of carbonyl (C=O) groups excluding carboxylic acids is 1. The molecule has 5 nitrogen and oxygen atoms in total. The molecule has 0 aliphatic carbocycles. The van der Waals surface area contributed by atoms with Crippen LogP contribution < -0.4 is 5.32 Å². The number of aromatic amines is 1. The summed E-state index contributed by atoms with van der Waals surface area (Å²) < 4.78 is 2.43. The monoisotopic (exact) mass is 296 g/mol. The van der Waals surface area contributed by atoms with E-state index in [4.69, 9.17) is 12.2 Å². The standard InChI is InChI=1S/C15H12N4OS/c20-14(11-3-2-6-16-10-11)18-12-4-1-5-13(9-12)19-8-7-17-15(19)21/h1-10H,(H,17,21)(H,18,20). The normalized spacial score (nSPS) is 10.3. The topological polar surface area (TPSA) is 62.7 Å². The lowest BCUT2D eigenvalue weighted by atomic mass is 10.2. The van der Waals surface area contributed by atoms with Crippen LogP contribution in [0.4, 0.5) is 5.69 Å². The van der Waals surface area contributed by atoms with Gasteiger partial charge in [-0.3, -0.25) is 14.3 Å². The highest BCUT2D eigenvalue weighted by molar-refractivity contribution is 7.71. The number of amides is 1. The van der Waals surface area contributed by atoms with Crippen LogP contribution in [0.1, 0.15) is 10.4 Å². The molecule has 0 bridgehead atoms. The van der Waals surface area contributed by atoms with E-state index in [1.54, 1.807) is 24.5 Å². The molecule has 6 heteroatoms. The first kappa shape index (κ1) is 13.3. The SMILES string of the molecule is O=C(Nc1cccc(-n2cc[nH]c2=S)c1)c1cccnc1. The molecule has 1 amide bonds. The molecule has 0 unspecified atom stereocenters. The van der Waals surface area contributed by atoms with E-state index < -0.39 is 0 Å². The van der Waals surface area contributed by atoms with Crippen molar-refractivity contribution in [2.75, 3.05) is 5.32 Å². The molecule has 3 rings (SSSR count). The van der Waals surface area contributed by atoms with Crippen LogP contribution in [0.15, 0.2) is 61.2 Å². The van der Waals surface area contributed by atoms with Gasteiger partial charge in [0.15, 0.2) is 4.77 Å². The van der Waals surface area contributed by atoms with Gasteiger partial charge < -0.3 is 10.3 Å². The van der Waals surface area contributed by atoms with Gasteiger partial charge in [-0.1, -0.05) is 6.07 Å². The first-order valence-electron chi connectivity index (χ1n) is 6.32. The highest BCUT2D eigenvalue weighted by Crippen LogP contribution is 2.16. The van der Waals surface area contributed by atoms with Gasteiger partial charge in [0.05, 0.1) is 5.56 Å². The molecule has 21 heavy (non-hydrogen) atoms. The summed E-state index contributed by atoms with van der Waals surface area (Å²) in [5.74, 6) is -0.196. The fourth-order valence-electron chi connectivity index (χ4n) is 1.96. The second kappa shape index (κ2) is 5.72. The van der Waals surface area contributed by atoms with Crippen LogP contribution in [0.2, 0.25) is 0 Å². The number of H-pyrrole nitrogens is 1. The summed E-state index contributed by atoms with van der Waals surface area (Å²) in [6.07, 6.45) is 6.76. The van der Waals surface area contributed by atoms with E-state index in [2.05, 4.69) is 15.3 Å². The molecule has 0 aliphatic heterocycles. The fourth-order valence-corrected chi connectivity index (χ4v) is 2.19. The van der Waals surface area contributed by atoms with Crippen LogP contribution in [-0.4, -0.2) is 20.4 Å². The van der Waals surface area contributed by atoms with E-state index >= 15 is 0 Å². The lowest BCUT2D eigenvalue weighted by Gasteiger charge is -2.08. The van der Waals surface area contributed by atoms with Gasteiger partial charge >= 0.3 is 0 Å². The minimum atomic E-state index is -0.196. The molecule has 0 radical (unpaired) electrons. The minimum absolute atomic E-state index is 0.196. The Bertz CT molecular complexity index is 823. The van der Waals surface area contributed by atoms with Crippen molar-refractivity contribution in [3.05, 3.63) is 71.5 Å². The predicted molar refractivity (Wildman–Crippen MR) is 83.1 cm³/mol. The largest absolute Gasteiger partial charge is 0.337 e. The first-order chi connectivity index (χ1) is 10.2. The number of aromatic nitrogens is 3. The van der Waals surface area contributed by atoms with Crippen LogP contribution >= 0.6 is 12.2 Å². The summed E-state index contributed by atoms with van der Waals surface area (Å²) in [6.45, 7) is 0. The van der Waals surface area contributed by atoms with Gasteiger partial charge in [0.1, 0.15) is 0 Å². The molecule has 104 valence electrons. The fraction of sp³-hybridized carbons (Fsp3) is 0. The van der Waals surface area contributed by atoms with Crippen molar-refractivity contribution in [3.63, 3.8) is 0 Å². The van der Waals surface area contributed by atoms with Crippen molar-refractivity contribution >= 4 is 23.8 Å². The number of pyridine rings is 1. The maximum atomic E-state index is 12.1. The Balaban J connectivity index is 1.86. The number of nitrogens with zero attached hydrogens (tertiary/aromatic N) is 2. The maximum absolute atomic E-state index is 12.1. The van der Waals surface area contributed by atoms with Crippen molar-refractivity contribution in [1.82, 2.24) is 14.5 Å². The second-order valence-corrected chi connectivity index (χ2v) is 4.77. The molecular formula is C15H12N4OS. The third-order valence-corrected chi connectivity index (χ3v) is 3.27. The van der Waals surface area contributed by atoms with Gasteiger partial charge in [0.2, 0.25) is 0 Å². The Kier molecular flexibility index (Phi) is 3.61.